The second-order valence-electron chi connectivity index (χ2n) is 8.02. The van der Waals surface area contributed by atoms with E-state index in [1.165, 1.54) is 24.8 Å². The largest absolute Gasteiger partial charge is 0.497 e. The molecule has 1 fully saturated rings. The minimum atomic E-state index is -0.869. The Hall–Kier alpha value is -4.10. The molecule has 4 rings (SSSR count). The van der Waals surface area contributed by atoms with Gasteiger partial charge in [0.25, 0.3) is 11.8 Å². The molecule has 0 aliphatic carbocycles. The number of aryl methyl sites for hydroxylation is 2. The molecule has 0 spiro atoms. The fraction of sp³-hybridized carbons (Fsp3) is 0.148. The van der Waals surface area contributed by atoms with Crippen LogP contribution in [-0.2, 0) is 16.2 Å². The number of hydrogen-bond acceptors (Lipinski definition) is 5. The summed E-state index contributed by atoms with van der Waals surface area (Å²) in [6, 6.07) is 16.6. The smallest absolute Gasteiger partial charge is 0.335 e. The van der Waals surface area contributed by atoms with Gasteiger partial charge in [0.1, 0.15) is 23.7 Å². The van der Waals surface area contributed by atoms with Crippen LogP contribution >= 0.6 is 11.6 Å². The molecule has 8 heteroatoms. The Bertz CT molecular complexity index is 1370. The van der Waals surface area contributed by atoms with E-state index in [1.807, 2.05) is 32.0 Å². The Morgan fingerprint density at radius 3 is 2.46 bits per heavy atom. The van der Waals surface area contributed by atoms with Crippen molar-refractivity contribution in [2.24, 2.45) is 0 Å². The van der Waals surface area contributed by atoms with E-state index in [0.29, 0.717) is 17.1 Å². The first-order valence-electron chi connectivity index (χ1n) is 10.8. The SMILES string of the molecule is COc1ccc(/C=C2\C(=O)NC(=O)N(c3ccccc3Cl)C2=O)c(OCc2ccc(C)c(C)c2)c1. The zero-order chi connectivity index (χ0) is 25.1. The number of imide groups is 2. The van der Waals surface area contributed by atoms with Gasteiger partial charge < -0.3 is 9.47 Å². The van der Waals surface area contributed by atoms with Gasteiger partial charge in [0.2, 0.25) is 0 Å². The first-order chi connectivity index (χ1) is 16.8. The highest BCUT2D eigenvalue weighted by molar-refractivity contribution is 6.42. The van der Waals surface area contributed by atoms with Gasteiger partial charge in [0.05, 0.1) is 17.8 Å². The van der Waals surface area contributed by atoms with Crippen LogP contribution in [0.2, 0.25) is 5.02 Å². The number of nitrogens with zero attached hydrogens (tertiary/aromatic N) is 1. The number of nitrogens with one attached hydrogen (secondary N) is 1. The molecule has 0 saturated carbocycles. The minimum Gasteiger partial charge on any atom is -0.497 e. The third-order valence-electron chi connectivity index (χ3n) is 5.68. The number of ether oxygens (including phenoxy) is 2. The predicted octanol–water partition coefficient (Wildman–Crippen LogP) is 5.21. The van der Waals surface area contributed by atoms with Crippen LogP contribution in [0.3, 0.4) is 0 Å². The van der Waals surface area contributed by atoms with Crippen molar-refractivity contribution in [2.45, 2.75) is 20.5 Å². The Morgan fingerprint density at radius 1 is 0.971 bits per heavy atom. The van der Waals surface area contributed by atoms with Crippen molar-refractivity contribution in [1.29, 1.82) is 0 Å². The van der Waals surface area contributed by atoms with Gasteiger partial charge in [-0.3, -0.25) is 14.9 Å². The second kappa shape index (κ2) is 10.0. The molecular weight excluding hydrogens is 468 g/mol. The number of hydrogen-bond donors (Lipinski definition) is 1. The number of anilines is 1. The van der Waals surface area contributed by atoms with Gasteiger partial charge in [0.15, 0.2) is 0 Å². The fourth-order valence-electron chi connectivity index (χ4n) is 3.61. The van der Waals surface area contributed by atoms with Gasteiger partial charge in [-0.05, 0) is 60.9 Å². The molecule has 178 valence electrons. The summed E-state index contributed by atoms with van der Waals surface area (Å²) in [5.41, 5.74) is 3.72. The predicted molar refractivity (Wildman–Crippen MR) is 134 cm³/mol. The summed E-state index contributed by atoms with van der Waals surface area (Å²) in [4.78, 5) is 39.2. The standard InChI is InChI=1S/C27H23ClN2O5/c1-16-8-9-18(12-17(16)2)15-35-24-14-20(34-3)11-10-19(24)13-21-25(31)29-27(33)30(26(21)32)23-7-5-4-6-22(23)28/h4-14H,15H2,1-3H3,(H,29,31,33)/b21-13+. The van der Waals surface area contributed by atoms with Crippen molar-refractivity contribution in [3.05, 3.63) is 93.5 Å². The second-order valence-corrected chi connectivity index (χ2v) is 8.43. The molecule has 0 bridgehead atoms. The average molecular weight is 491 g/mol. The van der Waals surface area contributed by atoms with Gasteiger partial charge in [-0.2, -0.15) is 0 Å². The topological polar surface area (TPSA) is 84.9 Å². The summed E-state index contributed by atoms with van der Waals surface area (Å²) in [5.74, 6) is -0.631. The number of rotatable bonds is 6. The van der Waals surface area contributed by atoms with E-state index < -0.39 is 17.8 Å². The van der Waals surface area contributed by atoms with E-state index in [4.69, 9.17) is 21.1 Å². The van der Waals surface area contributed by atoms with Gasteiger partial charge in [-0.1, -0.05) is 41.9 Å². The molecule has 1 heterocycles. The Morgan fingerprint density at radius 2 is 1.74 bits per heavy atom. The van der Waals surface area contributed by atoms with Crippen molar-refractivity contribution < 1.29 is 23.9 Å². The van der Waals surface area contributed by atoms with Crippen LogP contribution in [0.25, 0.3) is 6.08 Å². The maximum absolute atomic E-state index is 13.2. The summed E-state index contributed by atoms with van der Waals surface area (Å²) in [7, 11) is 1.53. The summed E-state index contributed by atoms with van der Waals surface area (Å²) >= 11 is 6.20. The first kappa shape index (κ1) is 24.0. The van der Waals surface area contributed by atoms with Crippen molar-refractivity contribution in [1.82, 2.24) is 5.32 Å². The average Bonchev–Trinajstić information content (AvgIpc) is 2.84. The fourth-order valence-corrected chi connectivity index (χ4v) is 3.83. The van der Waals surface area contributed by atoms with Crippen molar-refractivity contribution in [3.8, 4) is 11.5 Å². The molecule has 7 nitrogen and oxygen atoms in total. The molecule has 0 radical (unpaired) electrons. The van der Waals surface area contributed by atoms with Gasteiger partial charge >= 0.3 is 6.03 Å². The highest BCUT2D eigenvalue weighted by Crippen LogP contribution is 2.31. The summed E-state index contributed by atoms with van der Waals surface area (Å²) in [6.45, 7) is 4.34. The Balaban J connectivity index is 1.69. The molecule has 0 aromatic heterocycles. The number of urea groups is 1. The highest BCUT2D eigenvalue weighted by Gasteiger charge is 2.37. The van der Waals surface area contributed by atoms with Crippen LogP contribution in [0.4, 0.5) is 10.5 Å². The number of barbiturate groups is 1. The van der Waals surface area contributed by atoms with Crippen LogP contribution in [0, 0.1) is 13.8 Å². The number of halogens is 1. The van der Waals surface area contributed by atoms with E-state index in [-0.39, 0.29) is 22.9 Å². The van der Waals surface area contributed by atoms with Gasteiger partial charge in [-0.15, -0.1) is 0 Å². The molecule has 0 atom stereocenters. The molecule has 1 N–H and O–H groups in total. The zero-order valence-electron chi connectivity index (χ0n) is 19.4. The minimum absolute atomic E-state index is 0.177. The molecule has 0 unspecified atom stereocenters. The lowest BCUT2D eigenvalue weighted by Crippen LogP contribution is -2.54. The summed E-state index contributed by atoms with van der Waals surface area (Å²) in [6.07, 6.45) is 1.39. The number of amides is 4. The lowest BCUT2D eigenvalue weighted by Gasteiger charge is -2.27. The van der Waals surface area contributed by atoms with Crippen LogP contribution in [0.1, 0.15) is 22.3 Å². The lowest BCUT2D eigenvalue weighted by molar-refractivity contribution is -0.122. The third kappa shape index (κ3) is 5.05. The Kier molecular flexibility index (Phi) is 6.89. The maximum Gasteiger partial charge on any atom is 0.335 e. The maximum atomic E-state index is 13.2. The van der Waals surface area contributed by atoms with Crippen LogP contribution in [-0.4, -0.2) is 25.0 Å². The van der Waals surface area contributed by atoms with Gasteiger partial charge in [-0.25, -0.2) is 9.69 Å². The molecule has 1 aliphatic rings. The molecule has 3 aromatic carbocycles. The monoisotopic (exact) mass is 490 g/mol. The van der Waals surface area contributed by atoms with Crippen LogP contribution in [0.5, 0.6) is 11.5 Å². The van der Waals surface area contributed by atoms with E-state index in [1.54, 1.807) is 36.4 Å². The zero-order valence-corrected chi connectivity index (χ0v) is 20.2. The van der Waals surface area contributed by atoms with Crippen molar-refractivity contribution in [2.75, 3.05) is 12.0 Å². The lowest BCUT2D eigenvalue weighted by atomic mass is 10.1. The number of methoxy groups -OCH3 is 1. The highest BCUT2D eigenvalue weighted by atomic mass is 35.5. The molecular formula is C27H23ClN2O5. The molecule has 1 saturated heterocycles. The number of para-hydroxylation sites is 1. The summed E-state index contributed by atoms with van der Waals surface area (Å²) in [5, 5.41) is 2.40. The van der Waals surface area contributed by atoms with Gasteiger partial charge in [0, 0.05) is 11.6 Å². The normalized spacial score (nSPS) is 14.8. The summed E-state index contributed by atoms with van der Waals surface area (Å²) < 4.78 is 11.4. The molecule has 4 amide bonds. The quantitative estimate of drug-likeness (QED) is 0.378. The molecule has 35 heavy (non-hydrogen) atoms. The Labute approximate surface area is 207 Å². The van der Waals surface area contributed by atoms with Crippen molar-refractivity contribution in [3.63, 3.8) is 0 Å². The van der Waals surface area contributed by atoms with E-state index >= 15 is 0 Å². The molecule has 3 aromatic rings. The van der Waals surface area contributed by atoms with Crippen LogP contribution < -0.4 is 19.7 Å². The van der Waals surface area contributed by atoms with Crippen molar-refractivity contribution >= 4 is 41.2 Å². The first-order valence-corrected chi connectivity index (χ1v) is 11.2. The van der Waals surface area contributed by atoms with E-state index in [9.17, 15) is 14.4 Å². The number of carbonyl (C=O) groups is 3. The van der Waals surface area contributed by atoms with E-state index in [2.05, 4.69) is 5.32 Å². The molecule has 1 aliphatic heterocycles. The number of carbonyl (C=O) groups excluding carboxylic acids is 3. The third-order valence-corrected chi connectivity index (χ3v) is 6.00. The van der Waals surface area contributed by atoms with Crippen LogP contribution in [0.15, 0.2) is 66.2 Å². The number of benzene rings is 3. The van der Waals surface area contributed by atoms with E-state index in [0.717, 1.165) is 16.0 Å².